The number of imidazole rings is 1. The summed E-state index contributed by atoms with van der Waals surface area (Å²) in [6.07, 6.45) is 4.03. The van der Waals surface area contributed by atoms with Crippen LogP contribution in [-0.2, 0) is 17.9 Å². The molecule has 5 nitrogen and oxygen atoms in total. The molecule has 0 aliphatic heterocycles. The summed E-state index contributed by atoms with van der Waals surface area (Å²) in [6, 6.07) is 5.90. The van der Waals surface area contributed by atoms with E-state index in [9.17, 15) is 14.0 Å². The third-order valence-electron chi connectivity index (χ3n) is 2.84. The van der Waals surface area contributed by atoms with Gasteiger partial charge >= 0.3 is 5.69 Å². The van der Waals surface area contributed by atoms with Gasteiger partial charge in [0.05, 0.1) is 5.69 Å². The van der Waals surface area contributed by atoms with Crippen molar-refractivity contribution in [3.8, 4) is 0 Å². The van der Waals surface area contributed by atoms with Gasteiger partial charge < -0.3 is 5.32 Å². The van der Waals surface area contributed by atoms with E-state index in [1.165, 1.54) is 21.3 Å². The number of hydrogen-bond donors (Lipinski definition) is 1. The van der Waals surface area contributed by atoms with E-state index >= 15 is 0 Å². The number of aryl methyl sites for hydroxylation is 1. The SMILES string of the molecule is CCCn1ccn(CC(=O)Nc2ccccc2F)c1=O. The van der Waals surface area contributed by atoms with E-state index in [4.69, 9.17) is 0 Å². The molecule has 0 spiro atoms. The Labute approximate surface area is 115 Å². The minimum absolute atomic E-state index is 0.110. The van der Waals surface area contributed by atoms with Gasteiger partial charge in [-0.2, -0.15) is 0 Å². The lowest BCUT2D eigenvalue weighted by molar-refractivity contribution is -0.116. The average molecular weight is 277 g/mol. The molecule has 1 aromatic heterocycles. The molecule has 2 rings (SSSR count). The monoisotopic (exact) mass is 277 g/mol. The largest absolute Gasteiger partial charge is 0.328 e. The number of amides is 1. The highest BCUT2D eigenvalue weighted by molar-refractivity contribution is 5.90. The molecule has 0 aliphatic carbocycles. The third-order valence-corrected chi connectivity index (χ3v) is 2.84. The van der Waals surface area contributed by atoms with E-state index in [0.717, 1.165) is 6.42 Å². The van der Waals surface area contributed by atoms with E-state index in [1.807, 2.05) is 6.92 Å². The molecule has 0 fully saturated rings. The van der Waals surface area contributed by atoms with Gasteiger partial charge in [-0.3, -0.25) is 13.9 Å². The van der Waals surface area contributed by atoms with Crippen molar-refractivity contribution in [2.45, 2.75) is 26.4 Å². The average Bonchev–Trinajstić information content (AvgIpc) is 2.75. The maximum Gasteiger partial charge on any atom is 0.328 e. The number of para-hydroxylation sites is 1. The fourth-order valence-electron chi connectivity index (χ4n) is 1.89. The summed E-state index contributed by atoms with van der Waals surface area (Å²) in [7, 11) is 0. The molecule has 0 aliphatic rings. The Hall–Kier alpha value is -2.37. The molecule has 1 heterocycles. The van der Waals surface area contributed by atoms with Crippen LogP contribution in [-0.4, -0.2) is 15.0 Å². The molecule has 1 aromatic carbocycles. The fourth-order valence-corrected chi connectivity index (χ4v) is 1.89. The van der Waals surface area contributed by atoms with Crippen molar-refractivity contribution in [2.75, 3.05) is 5.32 Å². The van der Waals surface area contributed by atoms with Gasteiger partial charge in [-0.15, -0.1) is 0 Å². The highest BCUT2D eigenvalue weighted by atomic mass is 19.1. The topological polar surface area (TPSA) is 56.0 Å². The summed E-state index contributed by atoms with van der Waals surface area (Å²) in [5.41, 5.74) is -0.130. The van der Waals surface area contributed by atoms with Gasteiger partial charge in [-0.05, 0) is 18.6 Å². The number of rotatable bonds is 5. The van der Waals surface area contributed by atoms with Crippen molar-refractivity contribution in [2.24, 2.45) is 0 Å². The standard InChI is InChI=1S/C14H16FN3O2/c1-2-7-17-8-9-18(14(17)20)10-13(19)16-12-6-4-3-5-11(12)15/h3-6,8-9H,2,7,10H2,1H3,(H,16,19). The van der Waals surface area contributed by atoms with Gasteiger partial charge in [0, 0.05) is 18.9 Å². The molecule has 6 heteroatoms. The zero-order chi connectivity index (χ0) is 14.5. The number of benzene rings is 1. The Balaban J connectivity index is 2.05. The van der Waals surface area contributed by atoms with Gasteiger partial charge in [0.2, 0.25) is 5.91 Å². The van der Waals surface area contributed by atoms with Crippen molar-refractivity contribution in [1.82, 2.24) is 9.13 Å². The predicted molar refractivity (Wildman–Crippen MR) is 74.0 cm³/mol. The first-order valence-corrected chi connectivity index (χ1v) is 6.41. The molecule has 0 bridgehead atoms. The van der Waals surface area contributed by atoms with E-state index in [1.54, 1.807) is 24.5 Å². The lowest BCUT2D eigenvalue weighted by atomic mass is 10.3. The molecular weight excluding hydrogens is 261 g/mol. The number of anilines is 1. The number of nitrogens with zero attached hydrogens (tertiary/aromatic N) is 2. The number of hydrogen-bond acceptors (Lipinski definition) is 2. The molecule has 1 amide bonds. The second-order valence-electron chi connectivity index (χ2n) is 4.43. The molecule has 0 atom stereocenters. The smallest absolute Gasteiger partial charge is 0.322 e. The molecule has 1 N–H and O–H groups in total. The highest BCUT2D eigenvalue weighted by Gasteiger charge is 2.09. The summed E-state index contributed by atoms with van der Waals surface area (Å²) >= 11 is 0. The summed E-state index contributed by atoms with van der Waals surface area (Å²) in [4.78, 5) is 23.7. The molecule has 20 heavy (non-hydrogen) atoms. The van der Waals surface area contributed by atoms with Crippen LogP contribution in [0, 0.1) is 5.82 Å². The quantitative estimate of drug-likeness (QED) is 0.906. The van der Waals surface area contributed by atoms with Gasteiger partial charge in [-0.1, -0.05) is 19.1 Å². The van der Waals surface area contributed by atoms with Crippen molar-refractivity contribution in [3.05, 3.63) is 53.0 Å². The van der Waals surface area contributed by atoms with Gasteiger partial charge in [0.15, 0.2) is 0 Å². The summed E-state index contributed by atoms with van der Waals surface area (Å²) in [5.74, 6) is -0.941. The number of carbonyl (C=O) groups excluding carboxylic acids is 1. The van der Waals surface area contributed by atoms with E-state index in [0.29, 0.717) is 6.54 Å². The van der Waals surface area contributed by atoms with Crippen LogP contribution in [0.25, 0.3) is 0 Å². The first-order chi connectivity index (χ1) is 9.61. The minimum atomic E-state index is -0.503. The van der Waals surface area contributed by atoms with Crippen molar-refractivity contribution in [3.63, 3.8) is 0 Å². The Morgan fingerprint density at radius 3 is 2.65 bits per heavy atom. The van der Waals surface area contributed by atoms with Crippen molar-refractivity contribution in [1.29, 1.82) is 0 Å². The van der Waals surface area contributed by atoms with Gasteiger partial charge in [0.25, 0.3) is 0 Å². The minimum Gasteiger partial charge on any atom is -0.322 e. The number of carbonyl (C=O) groups is 1. The second kappa shape index (κ2) is 6.18. The molecular formula is C14H16FN3O2. The number of nitrogens with one attached hydrogen (secondary N) is 1. The first kappa shape index (κ1) is 14.0. The van der Waals surface area contributed by atoms with Gasteiger partial charge in [0.1, 0.15) is 12.4 Å². The number of halogens is 1. The first-order valence-electron chi connectivity index (χ1n) is 6.41. The zero-order valence-electron chi connectivity index (χ0n) is 11.2. The van der Waals surface area contributed by atoms with Gasteiger partial charge in [-0.25, -0.2) is 9.18 Å². The van der Waals surface area contributed by atoms with Crippen LogP contribution in [0.1, 0.15) is 13.3 Å². The molecule has 0 saturated carbocycles. The normalized spacial score (nSPS) is 10.5. The lowest BCUT2D eigenvalue weighted by Crippen LogP contribution is -2.29. The Morgan fingerprint density at radius 2 is 1.95 bits per heavy atom. The van der Waals surface area contributed by atoms with Crippen LogP contribution in [0.4, 0.5) is 10.1 Å². The predicted octanol–water partition coefficient (Wildman–Crippen LogP) is 1.84. The molecule has 0 saturated heterocycles. The van der Waals surface area contributed by atoms with Crippen LogP contribution in [0.15, 0.2) is 41.5 Å². The second-order valence-corrected chi connectivity index (χ2v) is 4.43. The van der Waals surface area contributed by atoms with Crippen LogP contribution < -0.4 is 11.0 Å². The van der Waals surface area contributed by atoms with Crippen molar-refractivity contribution >= 4 is 11.6 Å². The maximum absolute atomic E-state index is 13.4. The van der Waals surface area contributed by atoms with E-state index in [2.05, 4.69) is 5.32 Å². The summed E-state index contributed by atoms with van der Waals surface area (Å²) < 4.78 is 16.2. The Kier molecular flexibility index (Phi) is 4.34. The zero-order valence-corrected chi connectivity index (χ0v) is 11.2. The van der Waals surface area contributed by atoms with Crippen molar-refractivity contribution < 1.29 is 9.18 Å². The van der Waals surface area contributed by atoms with Crippen LogP contribution >= 0.6 is 0 Å². The maximum atomic E-state index is 13.4. The van der Waals surface area contributed by atoms with Crippen LogP contribution in [0.2, 0.25) is 0 Å². The molecule has 106 valence electrons. The van der Waals surface area contributed by atoms with Crippen LogP contribution in [0.5, 0.6) is 0 Å². The number of aromatic nitrogens is 2. The lowest BCUT2D eigenvalue weighted by Gasteiger charge is -2.06. The third kappa shape index (κ3) is 3.14. The molecule has 2 aromatic rings. The Morgan fingerprint density at radius 1 is 1.25 bits per heavy atom. The molecule has 0 radical (unpaired) electrons. The Bertz CT molecular complexity index is 660. The highest BCUT2D eigenvalue weighted by Crippen LogP contribution is 2.12. The fraction of sp³-hybridized carbons (Fsp3) is 0.286. The summed E-state index contributed by atoms with van der Waals surface area (Å²) in [6.45, 7) is 2.44. The van der Waals surface area contributed by atoms with E-state index in [-0.39, 0.29) is 17.9 Å². The van der Waals surface area contributed by atoms with E-state index < -0.39 is 11.7 Å². The summed E-state index contributed by atoms with van der Waals surface area (Å²) in [5, 5.41) is 2.44. The molecule has 0 unspecified atom stereocenters. The van der Waals surface area contributed by atoms with Crippen LogP contribution in [0.3, 0.4) is 0 Å².